The molecule has 1 aromatic rings. The lowest BCUT2D eigenvalue weighted by Crippen LogP contribution is -2.41. The van der Waals surface area contributed by atoms with E-state index in [-0.39, 0.29) is 0 Å². The van der Waals surface area contributed by atoms with Crippen molar-refractivity contribution >= 4 is 32.2 Å². The Labute approximate surface area is 126 Å². The van der Waals surface area contributed by atoms with Crippen molar-refractivity contribution in [2.75, 3.05) is 31.1 Å². The second-order valence-electron chi connectivity index (χ2n) is 4.65. The van der Waals surface area contributed by atoms with Gasteiger partial charge in [0.05, 0.1) is 0 Å². The first-order valence-corrected chi connectivity index (χ1v) is 10.4. The van der Waals surface area contributed by atoms with Gasteiger partial charge in [0.2, 0.25) is 0 Å². The van der Waals surface area contributed by atoms with E-state index in [9.17, 15) is 12.6 Å². The van der Waals surface area contributed by atoms with E-state index in [2.05, 4.69) is 12.2 Å². The molecular formula is C12H20N2O3S3. The summed E-state index contributed by atoms with van der Waals surface area (Å²) in [6, 6.07) is 3.54. The Morgan fingerprint density at radius 1 is 1.35 bits per heavy atom. The fourth-order valence-corrected chi connectivity index (χ4v) is 6.17. The topological polar surface area (TPSA) is 66.5 Å². The molecule has 114 valence electrons. The smallest absolute Gasteiger partial charge is 0.252 e. The molecule has 1 saturated heterocycles. The van der Waals surface area contributed by atoms with Crippen molar-refractivity contribution in [2.24, 2.45) is 0 Å². The van der Waals surface area contributed by atoms with E-state index in [0.717, 1.165) is 17.8 Å². The highest BCUT2D eigenvalue weighted by Crippen LogP contribution is 2.25. The average Bonchev–Trinajstić information content (AvgIpc) is 2.89. The Bertz CT molecular complexity index is 558. The third-order valence-corrected chi connectivity index (χ3v) is 7.82. The Morgan fingerprint density at radius 3 is 2.70 bits per heavy atom. The number of hydrogen-bond acceptors (Lipinski definition) is 5. The van der Waals surface area contributed by atoms with E-state index in [1.54, 1.807) is 6.07 Å². The van der Waals surface area contributed by atoms with Crippen LogP contribution in [0.15, 0.2) is 16.3 Å². The zero-order valence-corrected chi connectivity index (χ0v) is 14.0. The Morgan fingerprint density at radius 2 is 2.05 bits per heavy atom. The van der Waals surface area contributed by atoms with Gasteiger partial charge in [0.1, 0.15) is 4.21 Å². The van der Waals surface area contributed by atoms with Gasteiger partial charge in [-0.15, -0.1) is 11.3 Å². The van der Waals surface area contributed by atoms with Gasteiger partial charge >= 0.3 is 0 Å². The van der Waals surface area contributed by atoms with Crippen molar-refractivity contribution in [2.45, 2.75) is 24.1 Å². The lowest BCUT2D eigenvalue weighted by atomic mass is 10.4. The molecule has 8 heteroatoms. The highest BCUT2D eigenvalue weighted by molar-refractivity contribution is 7.91. The van der Waals surface area contributed by atoms with Crippen molar-refractivity contribution in [3.05, 3.63) is 17.0 Å². The predicted molar refractivity (Wildman–Crippen MR) is 83.0 cm³/mol. The van der Waals surface area contributed by atoms with Crippen LogP contribution in [0.2, 0.25) is 0 Å². The van der Waals surface area contributed by atoms with Crippen LogP contribution in [0.3, 0.4) is 0 Å². The Hall–Kier alpha value is -0.280. The molecule has 1 N–H and O–H groups in total. The third kappa shape index (κ3) is 3.88. The van der Waals surface area contributed by atoms with Crippen LogP contribution in [0.1, 0.15) is 18.2 Å². The fraction of sp³-hybridized carbons (Fsp3) is 0.667. The molecule has 1 aliphatic rings. The molecule has 0 aromatic carbocycles. The van der Waals surface area contributed by atoms with Crippen LogP contribution < -0.4 is 5.32 Å². The summed E-state index contributed by atoms with van der Waals surface area (Å²) in [5, 5.41) is 3.26. The first-order chi connectivity index (χ1) is 9.54. The number of rotatable bonds is 6. The Balaban J connectivity index is 2.04. The lowest BCUT2D eigenvalue weighted by molar-refractivity contribution is 0.440. The summed E-state index contributed by atoms with van der Waals surface area (Å²) in [6.45, 7) is 4.44. The highest BCUT2D eigenvalue weighted by atomic mass is 32.2. The van der Waals surface area contributed by atoms with Gasteiger partial charge in [-0.3, -0.25) is 4.21 Å². The zero-order chi connectivity index (χ0) is 14.6. The normalized spacial score (nSPS) is 18.4. The standard InChI is InChI=1S/C12H20N2O3S3/c1-2-5-13-10-11-3-4-12(18-11)20(16,17)14-6-8-19(15)9-7-14/h3-4,13H,2,5-10H2,1H3. The average molecular weight is 337 g/mol. The quantitative estimate of drug-likeness (QED) is 0.787. The second kappa shape index (κ2) is 7.13. The van der Waals surface area contributed by atoms with E-state index >= 15 is 0 Å². The summed E-state index contributed by atoms with van der Waals surface area (Å²) in [4.78, 5) is 1.03. The molecule has 0 aliphatic carbocycles. The first-order valence-electron chi connectivity index (χ1n) is 6.68. The van der Waals surface area contributed by atoms with Crippen LogP contribution in [-0.2, 0) is 27.4 Å². The predicted octanol–water partition coefficient (Wildman–Crippen LogP) is 1.00. The summed E-state index contributed by atoms with van der Waals surface area (Å²) in [5.74, 6) is 0.880. The number of nitrogens with one attached hydrogen (secondary N) is 1. The molecule has 0 saturated carbocycles. The Kier molecular flexibility index (Phi) is 5.74. The molecular weight excluding hydrogens is 316 g/mol. The van der Waals surface area contributed by atoms with Gasteiger partial charge in [-0.2, -0.15) is 4.31 Å². The van der Waals surface area contributed by atoms with Crippen LogP contribution >= 0.6 is 11.3 Å². The monoisotopic (exact) mass is 336 g/mol. The van der Waals surface area contributed by atoms with Crippen LogP contribution in [-0.4, -0.2) is 48.1 Å². The van der Waals surface area contributed by atoms with Crippen molar-refractivity contribution in [3.63, 3.8) is 0 Å². The van der Waals surface area contributed by atoms with Gasteiger partial charge in [0.25, 0.3) is 10.0 Å². The molecule has 5 nitrogen and oxygen atoms in total. The van der Waals surface area contributed by atoms with Crippen LogP contribution in [0.5, 0.6) is 0 Å². The first kappa shape index (κ1) is 16.1. The van der Waals surface area contributed by atoms with Gasteiger partial charge in [-0.05, 0) is 25.1 Å². The van der Waals surface area contributed by atoms with Gasteiger partial charge in [0.15, 0.2) is 0 Å². The van der Waals surface area contributed by atoms with Gasteiger partial charge in [-0.25, -0.2) is 8.42 Å². The minimum atomic E-state index is -3.41. The molecule has 1 fully saturated rings. The van der Waals surface area contributed by atoms with E-state index in [4.69, 9.17) is 0 Å². The maximum absolute atomic E-state index is 12.5. The summed E-state index contributed by atoms with van der Waals surface area (Å²) >= 11 is 1.32. The second-order valence-corrected chi connectivity index (χ2v) is 9.68. The summed E-state index contributed by atoms with van der Waals surface area (Å²) in [7, 11) is -4.27. The van der Waals surface area contributed by atoms with Crippen molar-refractivity contribution in [3.8, 4) is 0 Å². The molecule has 20 heavy (non-hydrogen) atoms. The zero-order valence-electron chi connectivity index (χ0n) is 11.5. The number of thiophene rings is 1. The van der Waals surface area contributed by atoms with E-state index in [1.165, 1.54) is 15.6 Å². The number of nitrogens with zero attached hydrogens (tertiary/aromatic N) is 1. The number of sulfonamides is 1. The number of hydrogen-bond donors (Lipinski definition) is 1. The summed E-state index contributed by atoms with van der Waals surface area (Å²) in [5.41, 5.74) is 0. The summed E-state index contributed by atoms with van der Waals surface area (Å²) in [6.07, 6.45) is 1.06. The van der Waals surface area contributed by atoms with E-state index < -0.39 is 20.8 Å². The SMILES string of the molecule is CCCNCc1ccc(S(=O)(=O)N2CCS(=O)CC2)s1. The minimum absolute atomic E-state index is 0.357. The van der Waals surface area contributed by atoms with Crippen LogP contribution in [0, 0.1) is 0 Å². The van der Waals surface area contributed by atoms with Crippen LogP contribution in [0.4, 0.5) is 0 Å². The van der Waals surface area contributed by atoms with Crippen molar-refractivity contribution in [1.82, 2.24) is 9.62 Å². The largest absolute Gasteiger partial charge is 0.312 e. The fourth-order valence-electron chi connectivity index (χ4n) is 1.97. The van der Waals surface area contributed by atoms with Gasteiger partial charge in [-0.1, -0.05) is 6.92 Å². The lowest BCUT2D eigenvalue weighted by Gasteiger charge is -2.24. The van der Waals surface area contributed by atoms with Crippen LogP contribution in [0.25, 0.3) is 0 Å². The molecule has 1 aliphatic heterocycles. The molecule has 0 amide bonds. The molecule has 0 bridgehead atoms. The van der Waals surface area contributed by atoms with Gasteiger partial charge < -0.3 is 5.32 Å². The molecule has 2 rings (SSSR count). The highest BCUT2D eigenvalue weighted by Gasteiger charge is 2.29. The van der Waals surface area contributed by atoms with Crippen molar-refractivity contribution < 1.29 is 12.6 Å². The maximum atomic E-state index is 12.5. The summed E-state index contributed by atoms with van der Waals surface area (Å²) < 4.78 is 38.1. The third-order valence-electron chi connectivity index (χ3n) is 3.09. The van der Waals surface area contributed by atoms with E-state index in [1.807, 2.05) is 6.07 Å². The van der Waals surface area contributed by atoms with Crippen molar-refractivity contribution in [1.29, 1.82) is 0 Å². The molecule has 0 atom stereocenters. The molecule has 0 unspecified atom stereocenters. The molecule has 0 spiro atoms. The maximum Gasteiger partial charge on any atom is 0.252 e. The minimum Gasteiger partial charge on any atom is -0.312 e. The molecule has 1 aromatic heterocycles. The molecule has 0 radical (unpaired) electrons. The van der Waals surface area contributed by atoms with E-state index in [0.29, 0.717) is 35.3 Å². The molecule has 2 heterocycles. The van der Waals surface area contributed by atoms with Gasteiger partial charge in [0, 0.05) is 46.8 Å².